The van der Waals surface area contributed by atoms with E-state index in [2.05, 4.69) is 11.6 Å². The van der Waals surface area contributed by atoms with Gasteiger partial charge < -0.3 is 9.47 Å². The summed E-state index contributed by atoms with van der Waals surface area (Å²) in [6.07, 6.45) is 1.28. The van der Waals surface area contributed by atoms with Gasteiger partial charge in [-0.1, -0.05) is 6.92 Å². The first-order valence-corrected chi connectivity index (χ1v) is 7.24. The third-order valence-electron chi connectivity index (χ3n) is 3.04. The molecule has 0 aromatic heterocycles. The van der Waals surface area contributed by atoms with Crippen molar-refractivity contribution < 1.29 is 17.9 Å². The van der Waals surface area contributed by atoms with Gasteiger partial charge in [0.2, 0.25) is 0 Å². The fraction of sp³-hybridized carbons (Fsp3) is 1.00. The van der Waals surface area contributed by atoms with Crippen LogP contribution in [0.15, 0.2) is 0 Å². The lowest BCUT2D eigenvalue weighted by Crippen LogP contribution is -2.47. The predicted octanol–water partition coefficient (Wildman–Crippen LogP) is 0.172. The Hall–Kier alpha value is -0.210. The number of nitrogens with one attached hydrogen (secondary N) is 1. The summed E-state index contributed by atoms with van der Waals surface area (Å²) in [6.45, 7) is 3.44. The highest BCUT2D eigenvalue weighted by Gasteiger charge is 2.26. The first-order chi connectivity index (χ1) is 7.99. The second-order valence-corrected chi connectivity index (χ2v) is 6.09. The SMILES string of the molecule is COC(CNS(=O)(=O)N1CCC(C)CC1)OC. The molecule has 0 aromatic carbocycles. The van der Waals surface area contributed by atoms with Crippen molar-refractivity contribution in [1.29, 1.82) is 0 Å². The molecule has 1 saturated heterocycles. The number of piperidine rings is 1. The highest BCUT2D eigenvalue weighted by molar-refractivity contribution is 7.87. The zero-order valence-electron chi connectivity index (χ0n) is 10.7. The molecule has 1 fully saturated rings. The van der Waals surface area contributed by atoms with Gasteiger partial charge in [0.05, 0.1) is 6.54 Å². The minimum Gasteiger partial charge on any atom is -0.355 e. The largest absolute Gasteiger partial charge is 0.355 e. The topological polar surface area (TPSA) is 67.9 Å². The van der Waals surface area contributed by atoms with Gasteiger partial charge in [0.1, 0.15) is 0 Å². The first kappa shape index (κ1) is 14.8. The number of rotatable bonds is 6. The van der Waals surface area contributed by atoms with Gasteiger partial charge in [0, 0.05) is 27.3 Å². The third-order valence-corrected chi connectivity index (χ3v) is 4.62. The molecule has 0 radical (unpaired) electrons. The van der Waals surface area contributed by atoms with Crippen molar-refractivity contribution in [3.63, 3.8) is 0 Å². The Balaban J connectivity index is 2.45. The average molecular weight is 266 g/mol. The van der Waals surface area contributed by atoms with Crippen molar-refractivity contribution in [2.24, 2.45) is 5.92 Å². The monoisotopic (exact) mass is 266 g/mol. The van der Waals surface area contributed by atoms with Crippen LogP contribution < -0.4 is 4.72 Å². The van der Waals surface area contributed by atoms with Crippen molar-refractivity contribution >= 4 is 10.2 Å². The normalized spacial score (nSPS) is 20.0. The molecular weight excluding hydrogens is 244 g/mol. The van der Waals surface area contributed by atoms with Gasteiger partial charge in [0.15, 0.2) is 6.29 Å². The lowest BCUT2D eigenvalue weighted by molar-refractivity contribution is -0.0962. The number of methoxy groups -OCH3 is 2. The molecule has 0 amide bonds. The summed E-state index contributed by atoms with van der Waals surface area (Å²) < 4.78 is 37.7. The molecule has 1 aliphatic rings. The summed E-state index contributed by atoms with van der Waals surface area (Å²) in [7, 11) is -0.444. The Kier molecular flexibility index (Phi) is 5.81. The second-order valence-electron chi connectivity index (χ2n) is 4.34. The lowest BCUT2D eigenvalue weighted by atomic mass is 10.0. The lowest BCUT2D eigenvalue weighted by Gasteiger charge is -2.29. The van der Waals surface area contributed by atoms with Crippen molar-refractivity contribution in [2.45, 2.75) is 26.1 Å². The third kappa shape index (κ3) is 4.51. The van der Waals surface area contributed by atoms with E-state index in [1.807, 2.05) is 0 Å². The molecule has 1 heterocycles. The fourth-order valence-electron chi connectivity index (χ4n) is 1.75. The Morgan fingerprint density at radius 1 is 1.29 bits per heavy atom. The zero-order valence-corrected chi connectivity index (χ0v) is 11.5. The number of hydrogen-bond donors (Lipinski definition) is 1. The van der Waals surface area contributed by atoms with Crippen LogP contribution in [0.25, 0.3) is 0 Å². The molecule has 7 heteroatoms. The summed E-state index contributed by atoms with van der Waals surface area (Å²) in [6, 6.07) is 0. The number of ether oxygens (including phenoxy) is 2. The summed E-state index contributed by atoms with van der Waals surface area (Å²) in [5, 5.41) is 0. The number of nitrogens with zero attached hydrogens (tertiary/aromatic N) is 1. The smallest absolute Gasteiger partial charge is 0.279 e. The molecule has 1 aliphatic heterocycles. The molecular formula is C10H22N2O4S. The highest BCUT2D eigenvalue weighted by atomic mass is 32.2. The van der Waals surface area contributed by atoms with E-state index in [1.54, 1.807) is 0 Å². The van der Waals surface area contributed by atoms with E-state index >= 15 is 0 Å². The van der Waals surface area contributed by atoms with E-state index < -0.39 is 16.5 Å². The van der Waals surface area contributed by atoms with Gasteiger partial charge in [0.25, 0.3) is 10.2 Å². The zero-order chi connectivity index (χ0) is 12.9. The molecule has 0 saturated carbocycles. The van der Waals surface area contributed by atoms with Crippen LogP contribution in [0.5, 0.6) is 0 Å². The van der Waals surface area contributed by atoms with Gasteiger partial charge in [-0.25, -0.2) is 0 Å². The molecule has 6 nitrogen and oxygen atoms in total. The van der Waals surface area contributed by atoms with Crippen LogP contribution in [0.2, 0.25) is 0 Å². The standard InChI is InChI=1S/C10H22N2O4S/c1-9-4-6-12(7-5-9)17(13,14)11-8-10(15-2)16-3/h9-11H,4-8H2,1-3H3. The Labute approximate surface area is 103 Å². The maximum absolute atomic E-state index is 11.9. The van der Waals surface area contributed by atoms with Crippen molar-refractivity contribution in [2.75, 3.05) is 33.9 Å². The van der Waals surface area contributed by atoms with Gasteiger partial charge in [-0.05, 0) is 18.8 Å². The van der Waals surface area contributed by atoms with Gasteiger partial charge in [-0.15, -0.1) is 0 Å². The van der Waals surface area contributed by atoms with E-state index in [0.29, 0.717) is 19.0 Å². The highest BCUT2D eigenvalue weighted by Crippen LogP contribution is 2.17. The summed E-state index contributed by atoms with van der Waals surface area (Å²) in [4.78, 5) is 0. The van der Waals surface area contributed by atoms with Crippen LogP contribution in [-0.2, 0) is 19.7 Å². The maximum atomic E-state index is 11.9. The molecule has 1 rings (SSSR count). The maximum Gasteiger partial charge on any atom is 0.279 e. The molecule has 0 bridgehead atoms. The molecule has 0 spiro atoms. The van der Waals surface area contributed by atoms with E-state index in [1.165, 1.54) is 18.5 Å². The van der Waals surface area contributed by atoms with E-state index in [0.717, 1.165) is 12.8 Å². The fourth-order valence-corrected chi connectivity index (χ4v) is 2.97. The minimum atomic E-state index is -3.40. The molecule has 0 atom stereocenters. The van der Waals surface area contributed by atoms with E-state index in [4.69, 9.17) is 9.47 Å². The molecule has 1 N–H and O–H groups in total. The molecule has 0 unspecified atom stereocenters. The Morgan fingerprint density at radius 2 is 1.82 bits per heavy atom. The van der Waals surface area contributed by atoms with Gasteiger partial charge >= 0.3 is 0 Å². The van der Waals surface area contributed by atoms with Gasteiger partial charge in [-0.2, -0.15) is 17.4 Å². The van der Waals surface area contributed by atoms with Crippen LogP contribution in [0.4, 0.5) is 0 Å². The first-order valence-electron chi connectivity index (χ1n) is 5.80. The van der Waals surface area contributed by atoms with Gasteiger partial charge in [-0.3, -0.25) is 0 Å². The molecule has 17 heavy (non-hydrogen) atoms. The molecule has 0 aromatic rings. The number of hydrogen-bond acceptors (Lipinski definition) is 4. The summed E-state index contributed by atoms with van der Waals surface area (Å²) in [5.41, 5.74) is 0. The summed E-state index contributed by atoms with van der Waals surface area (Å²) in [5.74, 6) is 0.604. The van der Waals surface area contributed by atoms with Crippen molar-refractivity contribution in [3.05, 3.63) is 0 Å². The van der Waals surface area contributed by atoms with E-state index in [9.17, 15) is 8.42 Å². The Morgan fingerprint density at radius 3 is 2.29 bits per heavy atom. The van der Waals surface area contributed by atoms with Crippen molar-refractivity contribution in [1.82, 2.24) is 9.03 Å². The van der Waals surface area contributed by atoms with Crippen LogP contribution >= 0.6 is 0 Å². The van der Waals surface area contributed by atoms with Crippen molar-refractivity contribution in [3.8, 4) is 0 Å². The second kappa shape index (κ2) is 6.65. The van der Waals surface area contributed by atoms with Crippen LogP contribution in [0, 0.1) is 5.92 Å². The molecule has 0 aliphatic carbocycles. The average Bonchev–Trinajstić information content (AvgIpc) is 2.31. The quantitative estimate of drug-likeness (QED) is 0.696. The van der Waals surface area contributed by atoms with Crippen LogP contribution in [0.1, 0.15) is 19.8 Å². The van der Waals surface area contributed by atoms with Crippen LogP contribution in [-0.4, -0.2) is 52.9 Å². The van der Waals surface area contributed by atoms with E-state index in [-0.39, 0.29) is 6.54 Å². The molecule has 102 valence electrons. The van der Waals surface area contributed by atoms with Crippen LogP contribution in [0.3, 0.4) is 0 Å². The minimum absolute atomic E-state index is 0.126. The Bertz CT molecular complexity index is 308. The summed E-state index contributed by atoms with van der Waals surface area (Å²) >= 11 is 0. The predicted molar refractivity (Wildman–Crippen MR) is 64.7 cm³/mol.